The summed E-state index contributed by atoms with van der Waals surface area (Å²) in [6.45, 7) is 5.07. The van der Waals surface area contributed by atoms with Crippen molar-refractivity contribution < 1.29 is 14.3 Å². The van der Waals surface area contributed by atoms with E-state index < -0.39 is 11.5 Å². The number of primary amides is 1. The van der Waals surface area contributed by atoms with E-state index in [2.05, 4.69) is 25.1 Å². The van der Waals surface area contributed by atoms with Crippen molar-refractivity contribution >= 4 is 11.8 Å². The molecule has 2 N–H and O–H groups in total. The van der Waals surface area contributed by atoms with Crippen molar-refractivity contribution in [3.63, 3.8) is 0 Å². The van der Waals surface area contributed by atoms with Crippen LogP contribution in [0.2, 0.25) is 0 Å². The lowest BCUT2D eigenvalue weighted by Crippen LogP contribution is -2.61. The highest BCUT2D eigenvalue weighted by Crippen LogP contribution is 2.26. The molecule has 5 heteroatoms. The van der Waals surface area contributed by atoms with Gasteiger partial charge < -0.3 is 15.4 Å². The number of morpholine rings is 1. The molecule has 0 aromatic heterocycles. The van der Waals surface area contributed by atoms with E-state index in [-0.39, 0.29) is 12.5 Å². The van der Waals surface area contributed by atoms with Crippen LogP contribution in [0.1, 0.15) is 30.9 Å². The van der Waals surface area contributed by atoms with Gasteiger partial charge in [0, 0.05) is 19.4 Å². The molecule has 5 nitrogen and oxygen atoms in total. The van der Waals surface area contributed by atoms with Gasteiger partial charge in [-0.1, -0.05) is 61.0 Å². The standard InChI is InChI=1S/C23H28N2O3/c1-3-5-21(26)25-12-13-28-23(16-25,22(24)27)15-18-8-10-19(11-9-18)20-7-4-6-17(2)14-20/h4,6-11,14H,3,5,12-13,15-16H2,1-2H3,(H2,24,27)/t23-/m0/s1. The number of rotatable bonds is 6. The molecule has 0 unspecified atom stereocenters. The van der Waals surface area contributed by atoms with E-state index in [4.69, 9.17) is 10.5 Å². The molecule has 1 heterocycles. The maximum atomic E-state index is 12.3. The number of aryl methyl sites for hydroxylation is 1. The monoisotopic (exact) mass is 380 g/mol. The predicted octanol–water partition coefficient (Wildman–Crippen LogP) is 3.09. The van der Waals surface area contributed by atoms with E-state index in [0.29, 0.717) is 26.0 Å². The van der Waals surface area contributed by atoms with Crippen LogP contribution in [0, 0.1) is 6.92 Å². The Kier molecular flexibility index (Phi) is 6.15. The van der Waals surface area contributed by atoms with Crippen LogP contribution < -0.4 is 5.73 Å². The minimum absolute atomic E-state index is 0.0474. The highest BCUT2D eigenvalue weighted by molar-refractivity contribution is 5.86. The summed E-state index contributed by atoms with van der Waals surface area (Å²) in [6.07, 6.45) is 1.60. The maximum Gasteiger partial charge on any atom is 0.251 e. The largest absolute Gasteiger partial charge is 0.367 e. The fourth-order valence-electron chi connectivity index (χ4n) is 3.68. The summed E-state index contributed by atoms with van der Waals surface area (Å²) in [5.41, 5.74) is 8.99. The second-order valence-electron chi connectivity index (χ2n) is 7.52. The molecule has 1 saturated heterocycles. The van der Waals surface area contributed by atoms with E-state index in [1.165, 1.54) is 5.56 Å². The fourth-order valence-corrected chi connectivity index (χ4v) is 3.68. The summed E-state index contributed by atoms with van der Waals surface area (Å²) in [4.78, 5) is 26.3. The Hall–Kier alpha value is -2.66. The van der Waals surface area contributed by atoms with E-state index in [0.717, 1.165) is 23.1 Å². The number of nitrogens with two attached hydrogens (primary N) is 1. The van der Waals surface area contributed by atoms with Crippen LogP contribution in [-0.2, 0) is 20.7 Å². The number of hydrogen-bond acceptors (Lipinski definition) is 3. The quantitative estimate of drug-likeness (QED) is 0.837. The number of amides is 2. The lowest BCUT2D eigenvalue weighted by Gasteiger charge is -2.40. The molecule has 1 fully saturated rings. The molecule has 1 atom stereocenters. The fraction of sp³-hybridized carbons (Fsp3) is 0.391. The van der Waals surface area contributed by atoms with Crippen molar-refractivity contribution in [2.45, 2.75) is 38.7 Å². The van der Waals surface area contributed by atoms with Crippen molar-refractivity contribution in [1.29, 1.82) is 0 Å². The van der Waals surface area contributed by atoms with Gasteiger partial charge in [0.1, 0.15) is 0 Å². The zero-order chi connectivity index (χ0) is 20.1. The third-order valence-electron chi connectivity index (χ3n) is 5.25. The number of ether oxygens (including phenoxy) is 1. The van der Waals surface area contributed by atoms with Gasteiger partial charge in [0.25, 0.3) is 5.91 Å². The van der Waals surface area contributed by atoms with E-state index in [9.17, 15) is 9.59 Å². The van der Waals surface area contributed by atoms with Crippen LogP contribution in [0.4, 0.5) is 0 Å². The summed E-state index contributed by atoms with van der Waals surface area (Å²) in [7, 11) is 0. The lowest BCUT2D eigenvalue weighted by molar-refractivity contribution is -0.163. The van der Waals surface area contributed by atoms with Crippen molar-refractivity contribution in [1.82, 2.24) is 4.90 Å². The number of carbonyl (C=O) groups is 2. The molecule has 3 rings (SSSR count). The van der Waals surface area contributed by atoms with E-state index >= 15 is 0 Å². The van der Waals surface area contributed by atoms with Crippen LogP contribution in [0.5, 0.6) is 0 Å². The first-order chi connectivity index (χ1) is 13.4. The second-order valence-corrected chi connectivity index (χ2v) is 7.52. The summed E-state index contributed by atoms with van der Waals surface area (Å²) in [6, 6.07) is 16.4. The number of hydrogen-bond donors (Lipinski definition) is 1. The zero-order valence-electron chi connectivity index (χ0n) is 16.6. The Morgan fingerprint density at radius 1 is 1.14 bits per heavy atom. The molecule has 0 saturated carbocycles. The molecule has 148 valence electrons. The Bertz CT molecular complexity index is 847. The van der Waals surface area contributed by atoms with Gasteiger partial charge in [-0.3, -0.25) is 9.59 Å². The van der Waals surface area contributed by atoms with Crippen molar-refractivity contribution in [3.8, 4) is 11.1 Å². The third kappa shape index (κ3) is 4.42. The normalized spacial score (nSPS) is 19.4. The Balaban J connectivity index is 1.79. The highest BCUT2D eigenvalue weighted by atomic mass is 16.5. The molecule has 2 aromatic carbocycles. The first-order valence-electron chi connectivity index (χ1n) is 9.81. The lowest BCUT2D eigenvalue weighted by atomic mass is 9.90. The van der Waals surface area contributed by atoms with Gasteiger partial charge in [-0.25, -0.2) is 0 Å². The molecule has 1 aliphatic rings. The summed E-state index contributed by atoms with van der Waals surface area (Å²) in [5.74, 6) is -0.476. The SMILES string of the molecule is CCCC(=O)N1CCO[C@](Cc2ccc(-c3cccc(C)c3)cc2)(C(N)=O)C1. The maximum absolute atomic E-state index is 12.3. The average molecular weight is 380 g/mol. The zero-order valence-corrected chi connectivity index (χ0v) is 16.6. The topological polar surface area (TPSA) is 72.6 Å². The van der Waals surface area contributed by atoms with Crippen LogP contribution in [0.15, 0.2) is 48.5 Å². The summed E-state index contributed by atoms with van der Waals surface area (Å²) < 4.78 is 5.85. The highest BCUT2D eigenvalue weighted by Gasteiger charge is 2.43. The predicted molar refractivity (Wildman–Crippen MR) is 110 cm³/mol. The van der Waals surface area contributed by atoms with Crippen LogP contribution in [-0.4, -0.2) is 42.0 Å². The van der Waals surface area contributed by atoms with Crippen LogP contribution >= 0.6 is 0 Å². The first-order valence-corrected chi connectivity index (χ1v) is 9.81. The molecule has 2 aromatic rings. The van der Waals surface area contributed by atoms with Gasteiger partial charge in [0.15, 0.2) is 5.60 Å². The van der Waals surface area contributed by atoms with Gasteiger partial charge in [-0.2, -0.15) is 0 Å². The Labute approximate surface area is 166 Å². The molecule has 0 radical (unpaired) electrons. The van der Waals surface area contributed by atoms with Gasteiger partial charge in [0.2, 0.25) is 5.91 Å². The summed E-state index contributed by atoms with van der Waals surface area (Å²) >= 11 is 0. The van der Waals surface area contributed by atoms with Gasteiger partial charge in [-0.15, -0.1) is 0 Å². The smallest absolute Gasteiger partial charge is 0.251 e. The molecular formula is C23H28N2O3. The van der Waals surface area contributed by atoms with Crippen LogP contribution in [0.3, 0.4) is 0 Å². The molecule has 1 aliphatic heterocycles. The van der Waals surface area contributed by atoms with Gasteiger partial charge >= 0.3 is 0 Å². The van der Waals surface area contributed by atoms with E-state index in [1.807, 2.05) is 37.3 Å². The van der Waals surface area contributed by atoms with Crippen molar-refractivity contribution in [2.24, 2.45) is 5.73 Å². The average Bonchev–Trinajstić information content (AvgIpc) is 2.69. The third-order valence-corrected chi connectivity index (χ3v) is 5.25. The van der Waals surface area contributed by atoms with Gasteiger partial charge in [0.05, 0.1) is 13.2 Å². The van der Waals surface area contributed by atoms with Crippen molar-refractivity contribution in [3.05, 3.63) is 59.7 Å². The minimum Gasteiger partial charge on any atom is -0.367 e. The number of benzene rings is 2. The minimum atomic E-state index is -1.17. The van der Waals surface area contributed by atoms with Crippen LogP contribution in [0.25, 0.3) is 11.1 Å². The Morgan fingerprint density at radius 2 is 1.89 bits per heavy atom. The van der Waals surface area contributed by atoms with E-state index in [1.54, 1.807) is 4.90 Å². The first kappa shape index (κ1) is 20.1. The van der Waals surface area contributed by atoms with Gasteiger partial charge in [-0.05, 0) is 30.0 Å². The molecular weight excluding hydrogens is 352 g/mol. The second kappa shape index (κ2) is 8.57. The number of carbonyl (C=O) groups excluding carboxylic acids is 2. The molecule has 0 bridgehead atoms. The Morgan fingerprint density at radius 3 is 2.54 bits per heavy atom. The summed E-state index contributed by atoms with van der Waals surface area (Å²) in [5, 5.41) is 0. The number of nitrogens with zero attached hydrogens (tertiary/aromatic N) is 1. The molecule has 0 aliphatic carbocycles. The molecule has 28 heavy (non-hydrogen) atoms. The molecule has 0 spiro atoms. The van der Waals surface area contributed by atoms with Crippen molar-refractivity contribution in [2.75, 3.05) is 19.7 Å². The molecule has 2 amide bonds.